The minimum atomic E-state index is -1.80. The van der Waals surface area contributed by atoms with Crippen molar-refractivity contribution in [3.63, 3.8) is 0 Å². The Labute approximate surface area is 263 Å². The zero-order chi connectivity index (χ0) is 33.4. The van der Waals surface area contributed by atoms with Crippen LogP contribution in [0.25, 0.3) is 0 Å². The van der Waals surface area contributed by atoms with Crippen LogP contribution in [0.1, 0.15) is 39.1 Å². The normalized spacial score (nSPS) is 18.6. The van der Waals surface area contributed by atoms with Crippen molar-refractivity contribution in [1.29, 1.82) is 0 Å². The minimum Gasteiger partial charge on any atom is -0.503 e. The molecule has 2 aromatic rings. The van der Waals surface area contributed by atoms with Crippen LogP contribution in [0.5, 0.6) is 5.75 Å². The number of nitrogens with zero attached hydrogens (tertiary/aromatic N) is 5. The number of nitrogens with one attached hydrogen (secondary N) is 1. The number of amides is 2. The van der Waals surface area contributed by atoms with Gasteiger partial charge in [0.15, 0.2) is 16.6 Å². The van der Waals surface area contributed by atoms with E-state index in [0.717, 1.165) is 28.5 Å². The van der Waals surface area contributed by atoms with Crippen molar-refractivity contribution in [2.75, 3.05) is 18.0 Å². The van der Waals surface area contributed by atoms with E-state index in [9.17, 15) is 44.5 Å². The number of carbonyl (C=O) groups excluding carboxylic acids is 2. The summed E-state index contributed by atoms with van der Waals surface area (Å²) in [5.41, 5.74) is 3.06. The van der Waals surface area contributed by atoms with Gasteiger partial charge in [0.1, 0.15) is 22.8 Å². The average Bonchev–Trinajstić information content (AvgIpc) is 3.38. The van der Waals surface area contributed by atoms with E-state index in [1.807, 2.05) is 13.8 Å². The summed E-state index contributed by atoms with van der Waals surface area (Å²) in [5.74, 6) is -4.77. The number of nitrogen functional groups attached to an aromatic ring is 1. The minimum absolute atomic E-state index is 0.0137. The van der Waals surface area contributed by atoms with Gasteiger partial charge in [-0.25, -0.2) is 14.6 Å². The van der Waals surface area contributed by atoms with Gasteiger partial charge in [0.2, 0.25) is 11.0 Å². The Kier molecular flexibility index (Phi) is 9.45. The van der Waals surface area contributed by atoms with E-state index in [1.165, 1.54) is 31.0 Å². The maximum Gasteiger partial charge on any atom is 0.352 e. The van der Waals surface area contributed by atoms with Crippen LogP contribution in [-0.2, 0) is 30.6 Å². The van der Waals surface area contributed by atoms with Crippen LogP contribution in [-0.4, -0.2) is 105 Å². The number of aliphatic carboxylic acids is 2. The smallest absolute Gasteiger partial charge is 0.352 e. The maximum absolute atomic E-state index is 13.3. The largest absolute Gasteiger partial charge is 0.503 e. The highest BCUT2D eigenvalue weighted by Crippen LogP contribution is 2.40. The Morgan fingerprint density at radius 3 is 2.53 bits per heavy atom. The number of rotatable bonds is 12. The Bertz CT molecular complexity index is 1660. The van der Waals surface area contributed by atoms with Crippen molar-refractivity contribution in [3.05, 3.63) is 50.5 Å². The summed E-state index contributed by atoms with van der Waals surface area (Å²) >= 11 is 2.22. The Hall–Kier alpha value is -4.62. The van der Waals surface area contributed by atoms with Gasteiger partial charge in [0.25, 0.3) is 11.8 Å². The Morgan fingerprint density at radius 1 is 1.27 bits per heavy atom. The highest BCUT2D eigenvalue weighted by molar-refractivity contribution is 8.00. The topological polar surface area (TPSA) is 250 Å². The monoisotopic (exact) mass is 665 g/mol. The lowest BCUT2D eigenvalue weighted by molar-refractivity contribution is -0.161. The van der Waals surface area contributed by atoms with E-state index in [-0.39, 0.29) is 47.1 Å². The van der Waals surface area contributed by atoms with Gasteiger partial charge in [-0.2, -0.15) is 4.73 Å². The molecule has 1 saturated heterocycles. The number of carboxylic acids is 2. The number of thioether (sulfide) groups is 1. The van der Waals surface area contributed by atoms with Crippen molar-refractivity contribution in [3.8, 4) is 5.75 Å². The molecular formula is C26H31N7O10S2. The third-order valence-corrected chi connectivity index (χ3v) is 8.99. The summed E-state index contributed by atoms with van der Waals surface area (Å²) in [6.45, 7) is 6.19. The molecule has 2 aromatic heterocycles. The number of carboxylic acid groups (broad SMARTS) is 2. The summed E-state index contributed by atoms with van der Waals surface area (Å²) < 4.78 is 0.613. The number of aromatic nitrogens is 2. The van der Waals surface area contributed by atoms with Crippen molar-refractivity contribution >= 4 is 57.7 Å². The molecular weight excluding hydrogens is 634 g/mol. The predicted molar refractivity (Wildman–Crippen MR) is 161 cm³/mol. The lowest BCUT2D eigenvalue weighted by atomic mass is 10.0. The first-order valence-corrected chi connectivity index (χ1v) is 15.2. The second kappa shape index (κ2) is 12.8. The molecule has 242 valence electrons. The number of thiazole rings is 1. The number of hydrogen-bond donors (Lipinski definition) is 6. The van der Waals surface area contributed by atoms with Crippen LogP contribution in [0.15, 0.2) is 38.9 Å². The standard InChI is InChI=1S/C26H31N7O10S2/c1-11(2)31(7-13-5-15(34)16(35)8-32(13)42)6-12-9-44-22-18(21(37)33(22)19(12)23(38)39)29-20(36)17(14-10-45-25(27)28-14)30-43-26(3,4)24(40)41/h5,8,10-11,18,22,35,42H,6-7,9H2,1-4H3,(H2,27,28)(H,29,36)(H,38,39)(H,40,41)/b30-17-/t18-,22-/m1/s1. The van der Waals surface area contributed by atoms with Crippen molar-refractivity contribution < 1.29 is 44.5 Å². The van der Waals surface area contributed by atoms with E-state index in [0.29, 0.717) is 10.3 Å². The number of fused-ring (bicyclic) bond motifs is 1. The predicted octanol–water partition coefficient (Wildman–Crippen LogP) is 0.0630. The van der Waals surface area contributed by atoms with Crippen LogP contribution in [0.3, 0.4) is 0 Å². The molecule has 17 nitrogen and oxygen atoms in total. The quantitative estimate of drug-likeness (QED) is 0.0760. The number of nitrogens with two attached hydrogens (primary N) is 1. The van der Waals surface area contributed by atoms with Gasteiger partial charge in [-0.05, 0) is 33.3 Å². The SMILES string of the molecule is CC(C)N(CC1=C(C(=O)O)N2C(=O)[C@@H](NC(=O)/C(=N\OC(C)(C)C(=O)O)c3csc(N)n3)[C@H]2SC1)Cc1cc(=O)c(O)cn1O. The number of aromatic hydroxyl groups is 1. The van der Waals surface area contributed by atoms with E-state index in [4.69, 9.17) is 10.6 Å². The number of hydrogen-bond acceptors (Lipinski definition) is 14. The lowest BCUT2D eigenvalue weighted by Gasteiger charge is -2.49. The van der Waals surface area contributed by atoms with Crippen LogP contribution in [0.2, 0.25) is 0 Å². The van der Waals surface area contributed by atoms with Crippen molar-refractivity contribution in [2.45, 2.75) is 57.3 Å². The van der Waals surface area contributed by atoms with Gasteiger partial charge in [0, 0.05) is 36.3 Å². The molecule has 0 aliphatic carbocycles. The molecule has 45 heavy (non-hydrogen) atoms. The molecule has 0 spiro atoms. The van der Waals surface area contributed by atoms with E-state index in [1.54, 1.807) is 4.90 Å². The zero-order valence-corrected chi connectivity index (χ0v) is 26.1. The van der Waals surface area contributed by atoms with Gasteiger partial charge >= 0.3 is 11.9 Å². The third-order valence-electron chi connectivity index (χ3n) is 6.97. The van der Waals surface area contributed by atoms with E-state index < -0.39 is 57.7 Å². The van der Waals surface area contributed by atoms with Gasteiger partial charge in [0.05, 0.1) is 11.9 Å². The molecule has 1 fully saturated rings. The second-order valence-electron chi connectivity index (χ2n) is 10.9. The van der Waals surface area contributed by atoms with Gasteiger partial charge < -0.3 is 36.4 Å². The zero-order valence-electron chi connectivity index (χ0n) is 24.5. The Morgan fingerprint density at radius 2 is 1.96 bits per heavy atom. The molecule has 0 saturated carbocycles. The molecule has 2 aliphatic heterocycles. The van der Waals surface area contributed by atoms with Gasteiger partial charge in [-0.15, -0.1) is 23.1 Å². The van der Waals surface area contributed by atoms with Crippen LogP contribution in [0.4, 0.5) is 5.13 Å². The fourth-order valence-electron chi connectivity index (χ4n) is 4.36. The van der Waals surface area contributed by atoms with E-state index in [2.05, 4.69) is 15.5 Å². The molecule has 2 amide bonds. The maximum atomic E-state index is 13.3. The summed E-state index contributed by atoms with van der Waals surface area (Å²) in [6.07, 6.45) is 0.866. The second-order valence-corrected chi connectivity index (χ2v) is 12.9. The third kappa shape index (κ3) is 6.89. The fourth-order valence-corrected chi connectivity index (χ4v) is 6.24. The number of anilines is 1. The average molecular weight is 666 g/mol. The Balaban J connectivity index is 1.56. The highest BCUT2D eigenvalue weighted by Gasteiger charge is 2.54. The van der Waals surface area contributed by atoms with Crippen LogP contribution >= 0.6 is 23.1 Å². The van der Waals surface area contributed by atoms with Gasteiger partial charge in [-0.1, -0.05) is 5.16 Å². The fraction of sp³-hybridized carbons (Fsp3) is 0.423. The van der Waals surface area contributed by atoms with Crippen molar-refractivity contribution in [1.82, 2.24) is 24.8 Å². The molecule has 19 heteroatoms. The summed E-state index contributed by atoms with van der Waals surface area (Å²) in [7, 11) is 0. The number of β-lactam (4-membered cyclic amide) rings is 1. The molecule has 0 radical (unpaired) electrons. The molecule has 4 heterocycles. The highest BCUT2D eigenvalue weighted by atomic mass is 32.2. The van der Waals surface area contributed by atoms with Crippen LogP contribution in [0, 0.1) is 0 Å². The summed E-state index contributed by atoms with van der Waals surface area (Å²) in [5, 5.41) is 46.2. The molecule has 0 unspecified atom stereocenters. The molecule has 0 aromatic carbocycles. The summed E-state index contributed by atoms with van der Waals surface area (Å²) in [6, 6.07) is -0.265. The lowest BCUT2D eigenvalue weighted by Crippen LogP contribution is -2.71. The number of pyridine rings is 1. The van der Waals surface area contributed by atoms with Gasteiger partial charge in [-0.3, -0.25) is 24.2 Å². The first kappa shape index (κ1) is 33.3. The number of oxime groups is 1. The molecule has 0 bridgehead atoms. The van der Waals surface area contributed by atoms with Crippen molar-refractivity contribution in [2.24, 2.45) is 5.16 Å². The van der Waals surface area contributed by atoms with E-state index >= 15 is 0 Å². The first-order valence-electron chi connectivity index (χ1n) is 13.3. The molecule has 4 rings (SSSR count). The van der Waals surface area contributed by atoms with Crippen LogP contribution < -0.4 is 16.5 Å². The molecule has 7 N–H and O–H groups in total. The molecule has 2 aliphatic rings. The first-order chi connectivity index (χ1) is 21.0. The summed E-state index contributed by atoms with van der Waals surface area (Å²) in [4.78, 5) is 74.4. The molecule has 2 atom stereocenters. The number of carbonyl (C=O) groups is 4.